The summed E-state index contributed by atoms with van der Waals surface area (Å²) in [5.41, 5.74) is 5.84. The van der Waals surface area contributed by atoms with Crippen LogP contribution in [0.5, 0.6) is 0 Å². The summed E-state index contributed by atoms with van der Waals surface area (Å²) in [5.74, 6) is 0.777. The van der Waals surface area contributed by atoms with Gasteiger partial charge in [0, 0.05) is 10.5 Å². The molecule has 0 aliphatic heterocycles. The van der Waals surface area contributed by atoms with Crippen LogP contribution in [-0.2, 0) is 9.59 Å². The zero-order valence-corrected chi connectivity index (χ0v) is 12.7. The van der Waals surface area contributed by atoms with Crippen LogP contribution in [0.2, 0.25) is 0 Å². The molecule has 6 heteroatoms. The molecule has 4 nitrogen and oxygen atoms in total. The molecule has 100 valence electrons. The number of carbonyl (C=O) groups is 2. The number of ketones is 2. The molecule has 0 radical (unpaired) electrons. The fraction of sp³-hybridized carbons (Fsp3) is 0.818. The summed E-state index contributed by atoms with van der Waals surface area (Å²) in [6.07, 6.45) is 0. The molecule has 0 saturated heterocycles. The van der Waals surface area contributed by atoms with E-state index in [-0.39, 0.29) is 22.4 Å². The molecule has 0 aromatic rings. The molecule has 0 unspecified atom stereocenters. The minimum Gasteiger partial charge on any atom is -0.320 e. The predicted octanol–water partition coefficient (Wildman–Crippen LogP) is 1.24. The van der Waals surface area contributed by atoms with Crippen molar-refractivity contribution in [2.45, 2.75) is 44.5 Å². The van der Waals surface area contributed by atoms with Crippen molar-refractivity contribution in [2.24, 2.45) is 5.73 Å². The van der Waals surface area contributed by atoms with Crippen LogP contribution in [0, 0.1) is 0 Å². The normalized spacial score (nSPS) is 15.4. The van der Waals surface area contributed by atoms with E-state index in [9.17, 15) is 9.59 Å². The summed E-state index contributed by atoms with van der Waals surface area (Å²) in [6, 6.07) is -0.623. The summed E-state index contributed by atoms with van der Waals surface area (Å²) in [5, 5.41) is 2.96. The molecule has 0 bridgehead atoms. The SMILES string of the molecule is CN[C@@H](CSSC(C)(C)[C@H](N)C(C)=O)C(C)=O. The Balaban J connectivity index is 4.19. The van der Waals surface area contributed by atoms with Crippen LogP contribution < -0.4 is 11.1 Å². The summed E-state index contributed by atoms with van der Waals surface area (Å²) >= 11 is 0. The van der Waals surface area contributed by atoms with E-state index in [1.165, 1.54) is 6.92 Å². The van der Waals surface area contributed by atoms with Gasteiger partial charge in [-0.25, -0.2) is 0 Å². The highest BCUT2D eigenvalue weighted by Crippen LogP contribution is 2.37. The van der Waals surface area contributed by atoms with Crippen LogP contribution in [0.25, 0.3) is 0 Å². The Bertz CT molecular complexity index is 283. The van der Waals surface area contributed by atoms with Crippen LogP contribution in [0.15, 0.2) is 0 Å². The third kappa shape index (κ3) is 5.90. The molecule has 0 amide bonds. The molecule has 0 aliphatic rings. The van der Waals surface area contributed by atoms with Crippen molar-refractivity contribution in [3.63, 3.8) is 0 Å². The Morgan fingerprint density at radius 2 is 1.82 bits per heavy atom. The highest BCUT2D eigenvalue weighted by molar-refractivity contribution is 8.77. The number of nitrogens with one attached hydrogen (secondary N) is 1. The molecule has 17 heavy (non-hydrogen) atoms. The maximum Gasteiger partial charge on any atom is 0.147 e. The number of rotatable bonds is 8. The van der Waals surface area contributed by atoms with Crippen LogP contribution in [0.1, 0.15) is 27.7 Å². The van der Waals surface area contributed by atoms with Crippen LogP contribution in [0.3, 0.4) is 0 Å². The largest absolute Gasteiger partial charge is 0.320 e. The molecular weight excluding hydrogens is 256 g/mol. The maximum atomic E-state index is 11.2. The Labute approximate surface area is 111 Å². The lowest BCUT2D eigenvalue weighted by Gasteiger charge is -2.28. The minimum absolute atomic E-state index is 0.0140. The smallest absolute Gasteiger partial charge is 0.147 e. The van der Waals surface area contributed by atoms with Gasteiger partial charge in [0.25, 0.3) is 0 Å². The molecule has 2 atom stereocenters. The number of likely N-dealkylation sites (N-methyl/N-ethyl adjacent to an activating group) is 1. The van der Waals surface area contributed by atoms with E-state index in [0.717, 1.165) is 0 Å². The van der Waals surface area contributed by atoms with Gasteiger partial charge >= 0.3 is 0 Å². The Morgan fingerprint density at radius 1 is 1.29 bits per heavy atom. The Morgan fingerprint density at radius 3 is 2.18 bits per heavy atom. The highest BCUT2D eigenvalue weighted by atomic mass is 33.1. The van der Waals surface area contributed by atoms with Crippen molar-refractivity contribution in [1.29, 1.82) is 0 Å². The first kappa shape index (κ1) is 17.0. The summed E-state index contributed by atoms with van der Waals surface area (Å²) < 4.78 is -0.328. The molecule has 0 rings (SSSR count). The quantitative estimate of drug-likeness (QED) is 0.651. The maximum absolute atomic E-state index is 11.2. The van der Waals surface area contributed by atoms with E-state index in [2.05, 4.69) is 5.32 Å². The third-order valence-electron chi connectivity index (χ3n) is 2.53. The fourth-order valence-electron chi connectivity index (χ4n) is 1.20. The summed E-state index contributed by atoms with van der Waals surface area (Å²) in [6.45, 7) is 6.96. The minimum atomic E-state index is -0.481. The molecular formula is C11H22N2O2S2. The van der Waals surface area contributed by atoms with Gasteiger partial charge in [0.15, 0.2) is 0 Å². The van der Waals surface area contributed by atoms with Gasteiger partial charge in [0.05, 0.1) is 12.1 Å². The van der Waals surface area contributed by atoms with E-state index in [4.69, 9.17) is 5.73 Å². The van der Waals surface area contributed by atoms with Gasteiger partial charge in [-0.3, -0.25) is 9.59 Å². The number of hydrogen-bond acceptors (Lipinski definition) is 6. The van der Waals surface area contributed by atoms with Crippen LogP contribution >= 0.6 is 21.6 Å². The zero-order valence-electron chi connectivity index (χ0n) is 11.1. The average Bonchev–Trinajstić information content (AvgIpc) is 2.22. The van der Waals surface area contributed by atoms with Crippen molar-refractivity contribution in [1.82, 2.24) is 5.32 Å². The second kappa shape index (κ2) is 7.41. The number of Topliss-reactive ketones (excluding diaryl/α,β-unsaturated/α-hetero) is 2. The second-order valence-corrected chi connectivity index (χ2v) is 7.51. The number of carbonyl (C=O) groups excluding carboxylic acids is 2. The first-order chi connectivity index (χ1) is 7.72. The zero-order chi connectivity index (χ0) is 13.6. The number of hydrogen-bond donors (Lipinski definition) is 2. The van der Waals surface area contributed by atoms with Gasteiger partial charge in [-0.1, -0.05) is 21.6 Å². The van der Waals surface area contributed by atoms with Gasteiger partial charge in [-0.15, -0.1) is 0 Å². The van der Waals surface area contributed by atoms with Gasteiger partial charge < -0.3 is 11.1 Å². The second-order valence-electron chi connectivity index (χ2n) is 4.51. The summed E-state index contributed by atoms with van der Waals surface area (Å²) in [7, 11) is 4.89. The Kier molecular flexibility index (Phi) is 7.39. The van der Waals surface area contributed by atoms with E-state index in [1.807, 2.05) is 13.8 Å². The lowest BCUT2D eigenvalue weighted by Crippen LogP contribution is -2.45. The van der Waals surface area contributed by atoms with Gasteiger partial charge in [0.1, 0.15) is 11.6 Å². The van der Waals surface area contributed by atoms with Gasteiger partial charge in [0.2, 0.25) is 0 Å². The topological polar surface area (TPSA) is 72.2 Å². The Hall–Kier alpha value is -0.0400. The van der Waals surface area contributed by atoms with Gasteiger partial charge in [-0.2, -0.15) is 0 Å². The average molecular weight is 278 g/mol. The van der Waals surface area contributed by atoms with E-state index in [0.29, 0.717) is 5.75 Å². The molecule has 0 aliphatic carbocycles. The van der Waals surface area contributed by atoms with Crippen molar-refractivity contribution in [3.8, 4) is 0 Å². The third-order valence-corrected chi connectivity index (χ3v) is 5.86. The lowest BCUT2D eigenvalue weighted by molar-refractivity contribution is -0.119. The number of nitrogens with two attached hydrogens (primary N) is 1. The predicted molar refractivity (Wildman–Crippen MR) is 76.3 cm³/mol. The van der Waals surface area contributed by atoms with E-state index >= 15 is 0 Å². The molecule has 0 heterocycles. The monoisotopic (exact) mass is 278 g/mol. The van der Waals surface area contributed by atoms with Gasteiger partial charge in [-0.05, 0) is 34.7 Å². The molecule has 3 N–H and O–H groups in total. The first-order valence-electron chi connectivity index (χ1n) is 5.46. The van der Waals surface area contributed by atoms with Crippen LogP contribution in [0.4, 0.5) is 0 Å². The molecule has 0 saturated carbocycles. The molecule has 0 aromatic carbocycles. The molecule has 0 spiro atoms. The van der Waals surface area contributed by atoms with Crippen LogP contribution in [-0.4, -0.2) is 41.2 Å². The standard InChI is InChI=1S/C11H22N2O2S2/c1-7(14)9(13-5)6-16-17-11(3,4)10(12)8(2)15/h9-10,13H,6,12H2,1-5H3/t9-,10+/m0/s1. The highest BCUT2D eigenvalue weighted by Gasteiger charge is 2.31. The van der Waals surface area contributed by atoms with E-state index in [1.54, 1.807) is 35.6 Å². The molecule has 0 aromatic heterocycles. The van der Waals surface area contributed by atoms with Crippen molar-refractivity contribution >= 4 is 33.2 Å². The summed E-state index contributed by atoms with van der Waals surface area (Å²) in [4.78, 5) is 22.4. The first-order valence-corrected chi connectivity index (χ1v) is 7.78. The van der Waals surface area contributed by atoms with Crippen molar-refractivity contribution < 1.29 is 9.59 Å². The molecule has 0 fully saturated rings. The lowest BCUT2D eigenvalue weighted by atomic mass is 10.0. The van der Waals surface area contributed by atoms with Crippen molar-refractivity contribution in [3.05, 3.63) is 0 Å². The fourth-order valence-corrected chi connectivity index (χ4v) is 4.21. The van der Waals surface area contributed by atoms with E-state index < -0.39 is 6.04 Å². The van der Waals surface area contributed by atoms with Crippen molar-refractivity contribution in [2.75, 3.05) is 12.8 Å².